The van der Waals surface area contributed by atoms with Crippen LogP contribution >= 0.6 is 0 Å². The molecule has 1 saturated heterocycles. The topological polar surface area (TPSA) is 24.5 Å². The van der Waals surface area contributed by atoms with E-state index in [4.69, 9.17) is 4.74 Å². The molecule has 21 heavy (non-hydrogen) atoms. The van der Waals surface area contributed by atoms with Crippen LogP contribution in [-0.4, -0.2) is 32.3 Å². The van der Waals surface area contributed by atoms with Gasteiger partial charge in [-0.15, -0.1) is 0 Å². The van der Waals surface area contributed by atoms with Crippen molar-refractivity contribution in [3.63, 3.8) is 0 Å². The Morgan fingerprint density at radius 1 is 1.19 bits per heavy atom. The quantitative estimate of drug-likeness (QED) is 0.918. The van der Waals surface area contributed by atoms with Crippen molar-refractivity contribution in [3.8, 4) is 5.75 Å². The van der Waals surface area contributed by atoms with Gasteiger partial charge in [-0.05, 0) is 43.7 Å². The highest BCUT2D eigenvalue weighted by atomic mass is 16.5. The Balaban J connectivity index is 1.67. The van der Waals surface area contributed by atoms with Crippen molar-refractivity contribution < 1.29 is 4.74 Å². The van der Waals surface area contributed by atoms with Crippen LogP contribution in [0.2, 0.25) is 0 Å². The second-order valence-electron chi connectivity index (χ2n) is 6.34. The first-order chi connectivity index (χ1) is 10.4. The highest BCUT2D eigenvalue weighted by Crippen LogP contribution is 2.31. The summed E-state index contributed by atoms with van der Waals surface area (Å²) in [4.78, 5) is 2.45. The van der Waals surface area contributed by atoms with E-state index < -0.39 is 0 Å². The van der Waals surface area contributed by atoms with Gasteiger partial charge >= 0.3 is 0 Å². The van der Waals surface area contributed by atoms with Gasteiger partial charge in [0.1, 0.15) is 11.9 Å². The van der Waals surface area contributed by atoms with Crippen molar-refractivity contribution in [1.82, 2.24) is 5.32 Å². The largest absolute Gasteiger partial charge is 0.490 e. The maximum Gasteiger partial charge on any atom is 0.121 e. The van der Waals surface area contributed by atoms with Gasteiger partial charge in [0.15, 0.2) is 0 Å². The zero-order valence-corrected chi connectivity index (χ0v) is 13.2. The summed E-state index contributed by atoms with van der Waals surface area (Å²) in [5.74, 6) is 1.79. The fourth-order valence-corrected chi connectivity index (χ4v) is 3.65. The standard InChI is InChI=1S/C18H28N2O/c1-2-15-6-3-4-9-18(15)21-17-8-5-7-16(14-17)20-12-10-19-11-13-20/h5,7-8,14-15,18-19H,2-4,6,9-13H2,1H3. The summed E-state index contributed by atoms with van der Waals surface area (Å²) in [6, 6.07) is 8.69. The first kappa shape index (κ1) is 14.7. The molecule has 0 aromatic heterocycles. The second-order valence-corrected chi connectivity index (χ2v) is 6.34. The molecule has 3 nitrogen and oxygen atoms in total. The lowest BCUT2D eigenvalue weighted by Gasteiger charge is -2.32. The minimum atomic E-state index is 0.419. The predicted molar refractivity (Wildman–Crippen MR) is 88.2 cm³/mol. The summed E-state index contributed by atoms with van der Waals surface area (Å²) in [5, 5.41) is 3.41. The Hall–Kier alpha value is -1.22. The molecule has 0 bridgehead atoms. The molecule has 2 fully saturated rings. The summed E-state index contributed by atoms with van der Waals surface area (Å²) in [7, 11) is 0. The minimum absolute atomic E-state index is 0.419. The molecular weight excluding hydrogens is 260 g/mol. The molecule has 1 aromatic carbocycles. The van der Waals surface area contributed by atoms with Crippen LogP contribution in [0.15, 0.2) is 24.3 Å². The van der Waals surface area contributed by atoms with Crippen LogP contribution in [0.3, 0.4) is 0 Å². The molecule has 1 aliphatic carbocycles. The molecule has 0 radical (unpaired) electrons. The fraction of sp³-hybridized carbons (Fsp3) is 0.667. The zero-order valence-electron chi connectivity index (χ0n) is 13.2. The molecule has 2 unspecified atom stereocenters. The third-order valence-corrected chi connectivity index (χ3v) is 4.95. The molecule has 2 atom stereocenters. The number of hydrogen-bond donors (Lipinski definition) is 1. The summed E-state index contributed by atoms with van der Waals surface area (Å²) in [6.45, 7) is 6.62. The summed E-state index contributed by atoms with van der Waals surface area (Å²) < 4.78 is 6.35. The van der Waals surface area contributed by atoms with Crippen molar-refractivity contribution in [2.45, 2.75) is 45.1 Å². The van der Waals surface area contributed by atoms with E-state index in [2.05, 4.69) is 41.4 Å². The highest BCUT2D eigenvalue weighted by Gasteiger charge is 2.25. The Labute approximate surface area is 128 Å². The predicted octanol–water partition coefficient (Wildman–Crippen LogP) is 3.44. The SMILES string of the molecule is CCC1CCCCC1Oc1cccc(N2CCNCC2)c1. The average Bonchev–Trinajstić information content (AvgIpc) is 2.56. The smallest absolute Gasteiger partial charge is 0.121 e. The molecule has 2 aliphatic rings. The van der Waals surface area contributed by atoms with E-state index in [0.717, 1.165) is 37.8 Å². The maximum absolute atomic E-state index is 6.35. The molecule has 3 rings (SSSR count). The second kappa shape index (κ2) is 7.17. The number of anilines is 1. The molecule has 1 aliphatic heterocycles. The first-order valence-corrected chi connectivity index (χ1v) is 8.59. The molecule has 1 aromatic rings. The molecule has 0 amide bonds. The van der Waals surface area contributed by atoms with E-state index in [-0.39, 0.29) is 0 Å². The Kier molecular flexibility index (Phi) is 5.02. The number of ether oxygens (including phenoxy) is 1. The average molecular weight is 288 g/mol. The van der Waals surface area contributed by atoms with Crippen LogP contribution in [0.4, 0.5) is 5.69 Å². The molecular formula is C18H28N2O. The first-order valence-electron chi connectivity index (χ1n) is 8.59. The monoisotopic (exact) mass is 288 g/mol. The number of benzene rings is 1. The van der Waals surface area contributed by atoms with Crippen LogP contribution in [0, 0.1) is 5.92 Å². The van der Waals surface area contributed by atoms with Crippen LogP contribution in [0.1, 0.15) is 39.0 Å². The van der Waals surface area contributed by atoms with Crippen molar-refractivity contribution in [2.24, 2.45) is 5.92 Å². The van der Waals surface area contributed by atoms with Crippen molar-refractivity contribution in [2.75, 3.05) is 31.1 Å². The van der Waals surface area contributed by atoms with Gasteiger partial charge in [-0.25, -0.2) is 0 Å². The van der Waals surface area contributed by atoms with Gasteiger partial charge in [0.25, 0.3) is 0 Å². The number of rotatable bonds is 4. The molecule has 116 valence electrons. The summed E-state index contributed by atoms with van der Waals surface area (Å²) in [5.41, 5.74) is 1.30. The third-order valence-electron chi connectivity index (χ3n) is 4.95. The van der Waals surface area contributed by atoms with E-state index in [0.29, 0.717) is 6.10 Å². The number of nitrogens with zero attached hydrogens (tertiary/aromatic N) is 1. The minimum Gasteiger partial charge on any atom is -0.490 e. The number of hydrogen-bond acceptors (Lipinski definition) is 3. The van der Waals surface area contributed by atoms with E-state index in [1.165, 1.54) is 37.8 Å². The van der Waals surface area contributed by atoms with Gasteiger partial charge in [0.05, 0.1) is 0 Å². The Bertz CT molecular complexity index is 443. The van der Waals surface area contributed by atoms with Gasteiger partial charge in [-0.3, -0.25) is 0 Å². The summed E-state index contributed by atoms with van der Waals surface area (Å²) in [6.07, 6.45) is 6.90. The summed E-state index contributed by atoms with van der Waals surface area (Å²) >= 11 is 0. The van der Waals surface area contributed by atoms with Gasteiger partial charge in [-0.2, -0.15) is 0 Å². The molecule has 1 saturated carbocycles. The van der Waals surface area contributed by atoms with Gasteiger partial charge in [-0.1, -0.05) is 19.4 Å². The van der Waals surface area contributed by atoms with Crippen LogP contribution < -0.4 is 15.0 Å². The van der Waals surface area contributed by atoms with Crippen LogP contribution in [0.25, 0.3) is 0 Å². The number of nitrogens with one attached hydrogen (secondary N) is 1. The van der Waals surface area contributed by atoms with Crippen molar-refractivity contribution >= 4 is 5.69 Å². The van der Waals surface area contributed by atoms with Crippen LogP contribution in [0.5, 0.6) is 5.75 Å². The van der Waals surface area contributed by atoms with Crippen LogP contribution in [-0.2, 0) is 0 Å². The van der Waals surface area contributed by atoms with Crippen molar-refractivity contribution in [1.29, 1.82) is 0 Å². The molecule has 1 heterocycles. The lowest BCUT2D eigenvalue weighted by atomic mass is 9.85. The molecule has 3 heteroatoms. The van der Waals surface area contributed by atoms with Gasteiger partial charge in [0, 0.05) is 37.9 Å². The molecule has 1 N–H and O–H groups in total. The maximum atomic E-state index is 6.35. The normalized spacial score (nSPS) is 26.6. The highest BCUT2D eigenvalue weighted by molar-refractivity contribution is 5.51. The van der Waals surface area contributed by atoms with Gasteiger partial charge < -0.3 is 15.0 Å². The third kappa shape index (κ3) is 3.70. The Morgan fingerprint density at radius 2 is 2.00 bits per heavy atom. The van der Waals surface area contributed by atoms with E-state index in [1.54, 1.807) is 0 Å². The van der Waals surface area contributed by atoms with Gasteiger partial charge in [0.2, 0.25) is 0 Å². The lowest BCUT2D eigenvalue weighted by molar-refractivity contribution is 0.0904. The van der Waals surface area contributed by atoms with E-state index >= 15 is 0 Å². The zero-order chi connectivity index (χ0) is 14.5. The lowest BCUT2D eigenvalue weighted by Crippen LogP contribution is -2.43. The van der Waals surface area contributed by atoms with E-state index in [1.807, 2.05) is 0 Å². The fourth-order valence-electron chi connectivity index (χ4n) is 3.65. The molecule has 0 spiro atoms. The number of piperazine rings is 1. The van der Waals surface area contributed by atoms with E-state index in [9.17, 15) is 0 Å². The Morgan fingerprint density at radius 3 is 2.81 bits per heavy atom. The van der Waals surface area contributed by atoms with Crippen molar-refractivity contribution in [3.05, 3.63) is 24.3 Å².